The third-order valence-corrected chi connectivity index (χ3v) is 4.12. The topological polar surface area (TPSA) is 32.3 Å². The van der Waals surface area contributed by atoms with Gasteiger partial charge in [0, 0.05) is 30.9 Å². The second kappa shape index (κ2) is 6.77. The van der Waals surface area contributed by atoms with Crippen molar-refractivity contribution < 1.29 is 13.6 Å². The fourth-order valence-electron chi connectivity index (χ4n) is 2.85. The minimum absolute atomic E-state index is 0.244. The first-order valence-electron chi connectivity index (χ1n) is 7.66. The highest BCUT2D eigenvalue weighted by Gasteiger charge is 2.23. The smallest absolute Gasteiger partial charge is 0.251 e. The fourth-order valence-corrected chi connectivity index (χ4v) is 2.85. The predicted octanol–water partition coefficient (Wildman–Crippen LogP) is 3.22. The molecule has 2 aromatic rings. The monoisotopic (exact) mass is 316 g/mol. The van der Waals surface area contributed by atoms with Gasteiger partial charge in [0.2, 0.25) is 0 Å². The molecule has 0 bridgehead atoms. The predicted molar refractivity (Wildman–Crippen MR) is 85.5 cm³/mol. The van der Waals surface area contributed by atoms with Crippen molar-refractivity contribution in [2.75, 3.05) is 24.5 Å². The molecule has 0 saturated carbocycles. The van der Waals surface area contributed by atoms with Crippen LogP contribution in [0.25, 0.3) is 0 Å². The lowest BCUT2D eigenvalue weighted by atomic mass is 10.1. The van der Waals surface area contributed by atoms with Gasteiger partial charge in [-0.3, -0.25) is 4.79 Å². The number of nitrogens with one attached hydrogen (secondary N) is 1. The standard InChI is InChI=1S/C18H18F2N2O/c19-15-4-6-17(7-5-15)22-9-8-13(12-22)11-21-18(23)14-2-1-3-16(20)10-14/h1-7,10,13H,8-9,11-12H2,(H,21,23). The van der Waals surface area contributed by atoms with Gasteiger partial charge in [0.15, 0.2) is 0 Å². The van der Waals surface area contributed by atoms with E-state index < -0.39 is 5.82 Å². The maximum absolute atomic E-state index is 13.1. The molecule has 1 fully saturated rings. The molecule has 3 rings (SSSR count). The SMILES string of the molecule is O=C(NCC1CCN(c2ccc(F)cc2)C1)c1cccc(F)c1. The van der Waals surface area contributed by atoms with Crippen molar-refractivity contribution >= 4 is 11.6 Å². The zero-order valence-corrected chi connectivity index (χ0v) is 12.6. The summed E-state index contributed by atoms with van der Waals surface area (Å²) in [5.74, 6) is -0.588. The molecular formula is C18H18F2N2O. The summed E-state index contributed by atoms with van der Waals surface area (Å²) in [5.41, 5.74) is 1.32. The molecule has 120 valence electrons. The van der Waals surface area contributed by atoms with E-state index in [1.165, 1.54) is 30.3 Å². The number of anilines is 1. The second-order valence-electron chi connectivity index (χ2n) is 5.80. The highest BCUT2D eigenvalue weighted by atomic mass is 19.1. The first-order chi connectivity index (χ1) is 11.1. The van der Waals surface area contributed by atoms with Gasteiger partial charge in [0.25, 0.3) is 5.91 Å². The molecule has 2 aromatic carbocycles. The van der Waals surface area contributed by atoms with Gasteiger partial charge in [0.1, 0.15) is 11.6 Å². The first-order valence-corrected chi connectivity index (χ1v) is 7.66. The number of benzene rings is 2. The molecule has 0 radical (unpaired) electrons. The van der Waals surface area contributed by atoms with E-state index in [9.17, 15) is 13.6 Å². The second-order valence-corrected chi connectivity index (χ2v) is 5.80. The molecule has 1 unspecified atom stereocenters. The van der Waals surface area contributed by atoms with E-state index in [0.29, 0.717) is 18.0 Å². The third kappa shape index (κ3) is 3.86. The molecule has 0 aromatic heterocycles. The number of rotatable bonds is 4. The highest BCUT2D eigenvalue weighted by molar-refractivity contribution is 5.94. The van der Waals surface area contributed by atoms with Crippen LogP contribution in [0.15, 0.2) is 48.5 Å². The molecule has 3 nitrogen and oxygen atoms in total. The number of nitrogens with zero attached hydrogens (tertiary/aromatic N) is 1. The number of hydrogen-bond donors (Lipinski definition) is 1. The van der Waals surface area contributed by atoms with Crippen molar-refractivity contribution in [3.63, 3.8) is 0 Å². The van der Waals surface area contributed by atoms with Crippen molar-refractivity contribution in [2.24, 2.45) is 5.92 Å². The summed E-state index contributed by atoms with van der Waals surface area (Å²) in [7, 11) is 0. The quantitative estimate of drug-likeness (QED) is 0.939. The maximum atomic E-state index is 13.1. The zero-order chi connectivity index (χ0) is 16.2. The van der Waals surface area contributed by atoms with E-state index in [0.717, 1.165) is 25.2 Å². The number of hydrogen-bond acceptors (Lipinski definition) is 2. The summed E-state index contributed by atoms with van der Waals surface area (Å²) in [4.78, 5) is 14.2. The lowest BCUT2D eigenvalue weighted by Gasteiger charge is -2.18. The molecule has 1 N–H and O–H groups in total. The average molecular weight is 316 g/mol. The van der Waals surface area contributed by atoms with E-state index in [4.69, 9.17) is 0 Å². The Kier molecular flexibility index (Phi) is 4.55. The van der Waals surface area contributed by atoms with E-state index in [2.05, 4.69) is 10.2 Å². The molecule has 23 heavy (non-hydrogen) atoms. The Morgan fingerprint density at radius 3 is 2.65 bits per heavy atom. The van der Waals surface area contributed by atoms with Crippen molar-refractivity contribution in [1.82, 2.24) is 5.32 Å². The number of amides is 1. The van der Waals surface area contributed by atoms with Crippen molar-refractivity contribution in [3.05, 3.63) is 65.7 Å². The molecular weight excluding hydrogens is 298 g/mol. The normalized spacial score (nSPS) is 17.3. The van der Waals surface area contributed by atoms with Gasteiger partial charge >= 0.3 is 0 Å². The Hall–Kier alpha value is -2.43. The zero-order valence-electron chi connectivity index (χ0n) is 12.6. The van der Waals surface area contributed by atoms with Crippen LogP contribution >= 0.6 is 0 Å². The van der Waals surface area contributed by atoms with Gasteiger partial charge < -0.3 is 10.2 Å². The third-order valence-electron chi connectivity index (χ3n) is 4.12. The molecule has 0 aliphatic carbocycles. The van der Waals surface area contributed by atoms with Gasteiger partial charge in [0.05, 0.1) is 0 Å². The van der Waals surface area contributed by atoms with Gasteiger partial charge in [-0.05, 0) is 54.8 Å². The van der Waals surface area contributed by atoms with Crippen LogP contribution in [0.3, 0.4) is 0 Å². The summed E-state index contributed by atoms with van der Waals surface area (Å²) >= 11 is 0. The minimum Gasteiger partial charge on any atom is -0.371 e. The molecule has 1 aliphatic heterocycles. The van der Waals surface area contributed by atoms with Gasteiger partial charge in [-0.2, -0.15) is 0 Å². The van der Waals surface area contributed by atoms with Crippen LogP contribution in [0.1, 0.15) is 16.8 Å². The number of halogens is 2. The summed E-state index contributed by atoms with van der Waals surface area (Å²) in [6, 6.07) is 12.1. The number of carbonyl (C=O) groups is 1. The van der Waals surface area contributed by atoms with E-state index in [1.807, 2.05) is 0 Å². The van der Waals surface area contributed by atoms with Crippen LogP contribution < -0.4 is 10.2 Å². The Morgan fingerprint density at radius 1 is 1.13 bits per heavy atom. The molecule has 1 aliphatic rings. The van der Waals surface area contributed by atoms with Crippen LogP contribution in [0, 0.1) is 17.6 Å². The number of carbonyl (C=O) groups excluding carboxylic acids is 1. The minimum atomic E-state index is -0.416. The molecule has 1 heterocycles. The fraction of sp³-hybridized carbons (Fsp3) is 0.278. The van der Waals surface area contributed by atoms with Crippen LogP contribution in [0.2, 0.25) is 0 Å². The largest absolute Gasteiger partial charge is 0.371 e. The lowest BCUT2D eigenvalue weighted by molar-refractivity contribution is 0.0948. The average Bonchev–Trinajstić information content (AvgIpc) is 3.02. The lowest BCUT2D eigenvalue weighted by Crippen LogP contribution is -2.31. The van der Waals surface area contributed by atoms with Crippen LogP contribution in [0.5, 0.6) is 0 Å². The Bertz CT molecular complexity index is 688. The van der Waals surface area contributed by atoms with Crippen molar-refractivity contribution in [2.45, 2.75) is 6.42 Å². The Balaban J connectivity index is 1.52. The maximum Gasteiger partial charge on any atom is 0.251 e. The van der Waals surface area contributed by atoms with Crippen molar-refractivity contribution in [1.29, 1.82) is 0 Å². The summed E-state index contributed by atoms with van der Waals surface area (Å²) in [6.45, 7) is 2.24. The van der Waals surface area contributed by atoms with Crippen LogP contribution in [0.4, 0.5) is 14.5 Å². The van der Waals surface area contributed by atoms with Crippen LogP contribution in [-0.4, -0.2) is 25.5 Å². The highest BCUT2D eigenvalue weighted by Crippen LogP contribution is 2.23. The Labute approximate surface area is 133 Å². The summed E-state index contributed by atoms with van der Waals surface area (Å²) in [6.07, 6.45) is 0.959. The molecule has 1 atom stereocenters. The van der Waals surface area contributed by atoms with Gasteiger partial charge in [-0.15, -0.1) is 0 Å². The van der Waals surface area contributed by atoms with E-state index in [-0.39, 0.29) is 11.7 Å². The van der Waals surface area contributed by atoms with Gasteiger partial charge in [-0.1, -0.05) is 6.07 Å². The molecule has 0 spiro atoms. The van der Waals surface area contributed by atoms with E-state index >= 15 is 0 Å². The summed E-state index contributed by atoms with van der Waals surface area (Å²) < 4.78 is 26.1. The van der Waals surface area contributed by atoms with Crippen molar-refractivity contribution in [3.8, 4) is 0 Å². The first kappa shape index (κ1) is 15.5. The van der Waals surface area contributed by atoms with E-state index in [1.54, 1.807) is 18.2 Å². The molecule has 5 heteroatoms. The Morgan fingerprint density at radius 2 is 1.91 bits per heavy atom. The summed E-state index contributed by atoms with van der Waals surface area (Å²) in [5, 5.41) is 2.86. The van der Waals surface area contributed by atoms with Crippen LogP contribution in [-0.2, 0) is 0 Å². The van der Waals surface area contributed by atoms with Gasteiger partial charge in [-0.25, -0.2) is 8.78 Å². The molecule has 1 saturated heterocycles. The molecule has 1 amide bonds.